The van der Waals surface area contributed by atoms with Crippen molar-refractivity contribution in [2.75, 3.05) is 18.5 Å². The van der Waals surface area contributed by atoms with E-state index < -0.39 is 0 Å². The number of fused-ring (bicyclic) bond motifs is 1. The van der Waals surface area contributed by atoms with Crippen molar-refractivity contribution in [3.63, 3.8) is 0 Å². The number of benzene rings is 3. The standard InChI is InChI=1S/C24H20BrIN2O4/c1-3-30-17-9-14(10-18(13-17)31-4-2)23(29)27-16-6-8-22-21(12-16)28-24(32-22)19-11-15(26)5-7-20(19)25/h5-13H,3-4H2,1-2H3,(H,27,29). The predicted molar refractivity (Wildman–Crippen MR) is 137 cm³/mol. The molecule has 3 aromatic carbocycles. The largest absolute Gasteiger partial charge is 0.494 e. The van der Waals surface area contributed by atoms with E-state index in [-0.39, 0.29) is 5.91 Å². The SMILES string of the molecule is CCOc1cc(OCC)cc(C(=O)Nc2ccc3oc(-c4cc(I)ccc4Br)nc3c2)c1. The van der Waals surface area contributed by atoms with E-state index in [1.165, 1.54) is 0 Å². The topological polar surface area (TPSA) is 73.6 Å². The summed E-state index contributed by atoms with van der Waals surface area (Å²) in [7, 11) is 0. The lowest BCUT2D eigenvalue weighted by Gasteiger charge is -2.11. The Balaban J connectivity index is 1.61. The highest BCUT2D eigenvalue weighted by Gasteiger charge is 2.15. The number of halogens is 2. The van der Waals surface area contributed by atoms with Crippen molar-refractivity contribution in [3.8, 4) is 23.0 Å². The number of rotatable bonds is 7. The molecule has 0 saturated heterocycles. The lowest BCUT2D eigenvalue weighted by Crippen LogP contribution is -2.12. The van der Waals surface area contributed by atoms with Gasteiger partial charge in [-0.3, -0.25) is 4.79 Å². The van der Waals surface area contributed by atoms with E-state index in [4.69, 9.17) is 13.9 Å². The number of hydrogen-bond donors (Lipinski definition) is 1. The molecule has 0 aliphatic carbocycles. The van der Waals surface area contributed by atoms with Gasteiger partial charge in [0.05, 0.1) is 18.8 Å². The number of nitrogens with one attached hydrogen (secondary N) is 1. The van der Waals surface area contributed by atoms with Crippen molar-refractivity contribution in [1.29, 1.82) is 0 Å². The fourth-order valence-corrected chi connectivity index (χ4v) is 4.10. The van der Waals surface area contributed by atoms with Gasteiger partial charge in [-0.05, 0) is 101 Å². The molecule has 0 aliphatic rings. The monoisotopic (exact) mass is 606 g/mol. The Bertz CT molecular complexity index is 1260. The van der Waals surface area contributed by atoms with Crippen LogP contribution in [0, 0.1) is 3.57 Å². The molecule has 0 fully saturated rings. The average Bonchev–Trinajstić information content (AvgIpc) is 3.19. The highest BCUT2D eigenvalue weighted by Crippen LogP contribution is 2.32. The second-order valence-electron chi connectivity index (χ2n) is 6.84. The molecule has 4 rings (SSSR count). The van der Waals surface area contributed by atoms with Crippen molar-refractivity contribution >= 4 is 61.2 Å². The zero-order chi connectivity index (χ0) is 22.7. The van der Waals surface area contributed by atoms with Gasteiger partial charge in [0.1, 0.15) is 17.0 Å². The van der Waals surface area contributed by atoms with Crippen LogP contribution in [0.15, 0.2) is 63.5 Å². The number of carbonyl (C=O) groups is 1. The summed E-state index contributed by atoms with van der Waals surface area (Å²) < 4.78 is 19.0. The highest BCUT2D eigenvalue weighted by molar-refractivity contribution is 14.1. The molecule has 0 saturated carbocycles. The highest BCUT2D eigenvalue weighted by atomic mass is 127. The van der Waals surface area contributed by atoms with Crippen LogP contribution in [0.1, 0.15) is 24.2 Å². The molecule has 32 heavy (non-hydrogen) atoms. The average molecular weight is 607 g/mol. The molecule has 1 amide bonds. The van der Waals surface area contributed by atoms with Crippen LogP contribution in [0.25, 0.3) is 22.6 Å². The Hall–Kier alpha value is -2.59. The number of hydrogen-bond acceptors (Lipinski definition) is 5. The maximum Gasteiger partial charge on any atom is 0.255 e. The summed E-state index contributed by atoms with van der Waals surface area (Å²) in [5.74, 6) is 1.42. The molecular weight excluding hydrogens is 587 g/mol. The second kappa shape index (κ2) is 9.91. The van der Waals surface area contributed by atoms with E-state index >= 15 is 0 Å². The summed E-state index contributed by atoms with van der Waals surface area (Å²) in [4.78, 5) is 17.5. The van der Waals surface area contributed by atoms with Gasteiger partial charge in [0.25, 0.3) is 5.91 Å². The van der Waals surface area contributed by atoms with E-state index in [1.807, 2.05) is 32.0 Å². The first kappa shape index (κ1) is 22.6. The minimum absolute atomic E-state index is 0.268. The summed E-state index contributed by atoms with van der Waals surface area (Å²) in [5, 5.41) is 2.92. The maximum atomic E-state index is 12.9. The summed E-state index contributed by atoms with van der Waals surface area (Å²) in [6.07, 6.45) is 0. The van der Waals surface area contributed by atoms with Gasteiger partial charge >= 0.3 is 0 Å². The number of oxazole rings is 1. The van der Waals surface area contributed by atoms with Gasteiger partial charge in [0, 0.05) is 25.4 Å². The number of anilines is 1. The van der Waals surface area contributed by atoms with Gasteiger partial charge in [-0.2, -0.15) is 0 Å². The lowest BCUT2D eigenvalue weighted by atomic mass is 10.1. The first-order valence-corrected chi connectivity index (χ1v) is 11.9. The van der Waals surface area contributed by atoms with Crippen LogP contribution < -0.4 is 14.8 Å². The third-order valence-corrected chi connectivity index (χ3v) is 5.93. The van der Waals surface area contributed by atoms with Crippen LogP contribution in [0.2, 0.25) is 0 Å². The normalized spacial score (nSPS) is 10.9. The predicted octanol–water partition coefficient (Wildman–Crippen LogP) is 6.91. The van der Waals surface area contributed by atoms with Crippen LogP contribution in [0.5, 0.6) is 11.5 Å². The van der Waals surface area contributed by atoms with Crippen molar-refractivity contribution in [2.45, 2.75) is 13.8 Å². The molecular formula is C24H20BrIN2O4. The van der Waals surface area contributed by atoms with Gasteiger partial charge in [0.15, 0.2) is 5.58 Å². The Morgan fingerprint density at radius 3 is 2.44 bits per heavy atom. The van der Waals surface area contributed by atoms with Crippen molar-refractivity contribution in [3.05, 3.63) is 68.2 Å². The molecule has 0 spiro atoms. The molecule has 1 aromatic heterocycles. The van der Waals surface area contributed by atoms with Crippen molar-refractivity contribution in [2.24, 2.45) is 0 Å². The molecule has 0 radical (unpaired) electrons. The minimum Gasteiger partial charge on any atom is -0.494 e. The smallest absolute Gasteiger partial charge is 0.255 e. The lowest BCUT2D eigenvalue weighted by molar-refractivity contribution is 0.102. The van der Waals surface area contributed by atoms with Crippen molar-refractivity contribution < 1.29 is 18.7 Å². The van der Waals surface area contributed by atoms with E-state index in [1.54, 1.807) is 36.4 Å². The molecule has 0 aliphatic heterocycles. The third-order valence-electron chi connectivity index (χ3n) is 4.57. The molecule has 164 valence electrons. The quantitative estimate of drug-likeness (QED) is 0.231. The van der Waals surface area contributed by atoms with Crippen LogP contribution in [0.4, 0.5) is 5.69 Å². The molecule has 0 atom stereocenters. The van der Waals surface area contributed by atoms with Crippen LogP contribution in [-0.2, 0) is 0 Å². The molecule has 1 N–H and O–H groups in total. The van der Waals surface area contributed by atoms with Crippen LogP contribution >= 0.6 is 38.5 Å². The molecule has 4 aromatic rings. The summed E-state index contributed by atoms with van der Waals surface area (Å²) in [5.41, 5.74) is 3.23. The summed E-state index contributed by atoms with van der Waals surface area (Å²) in [6.45, 7) is 4.78. The van der Waals surface area contributed by atoms with E-state index in [2.05, 4.69) is 48.8 Å². The van der Waals surface area contributed by atoms with Gasteiger partial charge in [0.2, 0.25) is 5.89 Å². The maximum absolute atomic E-state index is 12.9. The number of aromatic nitrogens is 1. The zero-order valence-electron chi connectivity index (χ0n) is 17.4. The Morgan fingerprint density at radius 2 is 1.75 bits per heavy atom. The molecule has 0 bridgehead atoms. The molecule has 8 heteroatoms. The van der Waals surface area contributed by atoms with Crippen molar-refractivity contribution in [1.82, 2.24) is 4.98 Å². The molecule has 0 unspecified atom stereocenters. The van der Waals surface area contributed by atoms with Crippen LogP contribution in [-0.4, -0.2) is 24.1 Å². The number of carbonyl (C=O) groups excluding carboxylic acids is 1. The summed E-state index contributed by atoms with van der Waals surface area (Å²) in [6, 6.07) is 16.5. The Labute approximate surface area is 207 Å². The molecule has 6 nitrogen and oxygen atoms in total. The minimum atomic E-state index is -0.268. The van der Waals surface area contributed by atoms with E-state index in [0.717, 1.165) is 13.6 Å². The Morgan fingerprint density at radius 1 is 1.03 bits per heavy atom. The number of ether oxygens (including phenoxy) is 2. The first-order valence-electron chi connectivity index (χ1n) is 10.0. The first-order chi connectivity index (χ1) is 15.5. The Kier molecular flexibility index (Phi) is 7.00. The van der Waals surface area contributed by atoms with Crippen LogP contribution in [0.3, 0.4) is 0 Å². The van der Waals surface area contributed by atoms with Gasteiger partial charge < -0.3 is 19.2 Å². The van der Waals surface area contributed by atoms with E-state index in [0.29, 0.717) is 53.0 Å². The second-order valence-corrected chi connectivity index (χ2v) is 8.94. The summed E-state index contributed by atoms with van der Waals surface area (Å²) >= 11 is 5.80. The van der Waals surface area contributed by atoms with Gasteiger partial charge in [-0.1, -0.05) is 0 Å². The number of amides is 1. The molecule has 1 heterocycles. The van der Waals surface area contributed by atoms with Gasteiger partial charge in [-0.25, -0.2) is 4.98 Å². The third kappa shape index (κ3) is 5.07. The zero-order valence-corrected chi connectivity index (χ0v) is 21.2. The fourth-order valence-electron chi connectivity index (χ4n) is 3.19. The van der Waals surface area contributed by atoms with Gasteiger partial charge in [-0.15, -0.1) is 0 Å². The number of nitrogens with zero attached hydrogens (tertiary/aromatic N) is 1. The van der Waals surface area contributed by atoms with E-state index in [9.17, 15) is 4.79 Å². The fraction of sp³-hybridized carbons (Fsp3) is 0.167.